The third-order valence-corrected chi connectivity index (χ3v) is 4.28. The lowest BCUT2D eigenvalue weighted by Gasteiger charge is -2.33. The Hall–Kier alpha value is -1.37. The molecule has 1 aromatic carbocycles. The molecular weight excluding hydrogens is 320 g/mol. The van der Waals surface area contributed by atoms with Gasteiger partial charge in [0.25, 0.3) is 0 Å². The number of hydrogen-bond donors (Lipinski definition) is 3. The maximum atomic E-state index is 11.5. The summed E-state index contributed by atoms with van der Waals surface area (Å²) in [5.41, 5.74) is 7.78. The fraction of sp³-hybridized carbons (Fsp3) is 0.357. The van der Waals surface area contributed by atoms with Crippen molar-refractivity contribution < 1.29 is 4.79 Å². The van der Waals surface area contributed by atoms with Crippen molar-refractivity contribution in [3.05, 3.63) is 34.4 Å². The number of aromatic nitrogens is 1. The molecule has 4 N–H and O–H groups in total. The molecule has 2 aromatic rings. The lowest BCUT2D eigenvalue weighted by molar-refractivity contribution is -0.124. The van der Waals surface area contributed by atoms with Crippen molar-refractivity contribution in [2.24, 2.45) is 5.73 Å². The average molecular weight is 337 g/mol. The second-order valence-corrected chi connectivity index (χ2v) is 6.01. The number of rotatable bonds is 3. The van der Waals surface area contributed by atoms with E-state index in [-0.39, 0.29) is 11.9 Å². The van der Waals surface area contributed by atoms with E-state index < -0.39 is 0 Å². The predicted molar refractivity (Wildman–Crippen MR) is 82.3 cm³/mol. The Morgan fingerprint density at radius 1 is 1.50 bits per heavy atom. The molecule has 0 saturated carbocycles. The van der Waals surface area contributed by atoms with E-state index in [1.807, 2.05) is 18.3 Å². The largest absolute Gasteiger partial charge is 0.368 e. The first-order chi connectivity index (χ1) is 9.65. The van der Waals surface area contributed by atoms with Crippen LogP contribution < -0.4 is 11.1 Å². The van der Waals surface area contributed by atoms with Crippen LogP contribution in [0.15, 0.2) is 28.9 Å². The third-order valence-electron chi connectivity index (χ3n) is 3.79. The minimum Gasteiger partial charge on any atom is -0.368 e. The van der Waals surface area contributed by atoms with Crippen molar-refractivity contribution in [3.63, 3.8) is 0 Å². The number of nitrogens with two attached hydrogens (primary N) is 1. The zero-order chi connectivity index (χ0) is 14.1. The Balaban J connectivity index is 1.88. The minimum atomic E-state index is -0.266. The van der Waals surface area contributed by atoms with Crippen molar-refractivity contribution in [1.82, 2.24) is 15.2 Å². The van der Waals surface area contributed by atoms with Gasteiger partial charge in [-0.3, -0.25) is 9.69 Å². The van der Waals surface area contributed by atoms with E-state index >= 15 is 0 Å². The van der Waals surface area contributed by atoms with Gasteiger partial charge < -0.3 is 16.0 Å². The highest BCUT2D eigenvalue weighted by atomic mass is 79.9. The molecule has 6 heteroatoms. The quantitative estimate of drug-likeness (QED) is 0.788. The van der Waals surface area contributed by atoms with Crippen molar-refractivity contribution >= 4 is 32.7 Å². The number of amides is 1. The molecule has 1 amide bonds. The number of H-pyrrole nitrogens is 1. The number of hydrogen-bond acceptors (Lipinski definition) is 3. The molecule has 20 heavy (non-hydrogen) atoms. The van der Waals surface area contributed by atoms with E-state index in [1.54, 1.807) is 0 Å². The van der Waals surface area contributed by atoms with Gasteiger partial charge in [-0.25, -0.2) is 0 Å². The molecule has 1 aliphatic rings. The monoisotopic (exact) mass is 336 g/mol. The van der Waals surface area contributed by atoms with Gasteiger partial charge in [0, 0.05) is 47.8 Å². The molecule has 0 aliphatic carbocycles. The SMILES string of the molecule is NC(=O)C1CNCCN1Cc1c[nH]c2ccc(Br)cc12. The summed E-state index contributed by atoms with van der Waals surface area (Å²) in [6.45, 7) is 3.07. The van der Waals surface area contributed by atoms with E-state index in [4.69, 9.17) is 5.73 Å². The molecule has 0 radical (unpaired) electrons. The summed E-state index contributed by atoms with van der Waals surface area (Å²) in [7, 11) is 0. The van der Waals surface area contributed by atoms with Gasteiger partial charge in [0.15, 0.2) is 0 Å². The van der Waals surface area contributed by atoms with Crippen LogP contribution >= 0.6 is 15.9 Å². The number of nitrogens with zero attached hydrogens (tertiary/aromatic N) is 1. The Kier molecular flexibility index (Phi) is 3.78. The summed E-state index contributed by atoms with van der Waals surface area (Å²) in [5.74, 6) is -0.266. The molecule has 5 nitrogen and oxygen atoms in total. The molecule has 1 aromatic heterocycles. The van der Waals surface area contributed by atoms with Gasteiger partial charge in [0.2, 0.25) is 5.91 Å². The van der Waals surface area contributed by atoms with Gasteiger partial charge in [-0.1, -0.05) is 15.9 Å². The summed E-state index contributed by atoms with van der Waals surface area (Å²) < 4.78 is 1.05. The Bertz CT molecular complexity index is 639. The fourth-order valence-corrected chi connectivity index (χ4v) is 3.08. The molecule has 1 atom stereocenters. The number of primary amides is 1. The van der Waals surface area contributed by atoms with E-state index in [1.165, 1.54) is 10.9 Å². The molecule has 2 heterocycles. The highest BCUT2D eigenvalue weighted by Crippen LogP contribution is 2.24. The smallest absolute Gasteiger partial charge is 0.236 e. The van der Waals surface area contributed by atoms with Crippen LogP contribution in [0.5, 0.6) is 0 Å². The van der Waals surface area contributed by atoms with Gasteiger partial charge in [-0.15, -0.1) is 0 Å². The molecule has 3 rings (SSSR count). The first-order valence-electron chi connectivity index (χ1n) is 6.65. The van der Waals surface area contributed by atoms with Crippen LogP contribution in [-0.4, -0.2) is 41.5 Å². The summed E-state index contributed by atoms with van der Waals surface area (Å²) in [4.78, 5) is 16.9. The first-order valence-corrected chi connectivity index (χ1v) is 7.44. The molecule has 1 fully saturated rings. The molecule has 1 saturated heterocycles. The lowest BCUT2D eigenvalue weighted by atomic mass is 10.1. The van der Waals surface area contributed by atoms with E-state index in [0.717, 1.165) is 29.6 Å². The van der Waals surface area contributed by atoms with Crippen LogP contribution in [0.4, 0.5) is 0 Å². The molecule has 106 valence electrons. The van der Waals surface area contributed by atoms with Gasteiger partial charge in [-0.2, -0.15) is 0 Å². The third kappa shape index (κ3) is 2.59. The fourth-order valence-electron chi connectivity index (χ4n) is 2.72. The van der Waals surface area contributed by atoms with Gasteiger partial charge in [0.1, 0.15) is 6.04 Å². The number of halogens is 1. The second-order valence-electron chi connectivity index (χ2n) is 5.10. The highest BCUT2D eigenvalue weighted by molar-refractivity contribution is 9.10. The first kappa shape index (κ1) is 13.6. The van der Waals surface area contributed by atoms with Crippen LogP contribution in [0.2, 0.25) is 0 Å². The minimum absolute atomic E-state index is 0.235. The standard InChI is InChI=1S/C14H17BrN4O/c15-10-1-2-12-11(5-10)9(6-18-12)8-19-4-3-17-7-13(19)14(16)20/h1-2,5-6,13,17-18H,3-4,7-8H2,(H2,16,20). The zero-order valence-corrected chi connectivity index (χ0v) is 12.6. The van der Waals surface area contributed by atoms with Crippen molar-refractivity contribution in [2.45, 2.75) is 12.6 Å². The van der Waals surface area contributed by atoms with Crippen LogP contribution in [0.3, 0.4) is 0 Å². The van der Waals surface area contributed by atoms with E-state index in [0.29, 0.717) is 6.54 Å². The predicted octanol–water partition coefficient (Wildman–Crippen LogP) is 1.19. The van der Waals surface area contributed by atoms with Crippen LogP contribution in [0.1, 0.15) is 5.56 Å². The van der Waals surface area contributed by atoms with E-state index in [9.17, 15) is 4.79 Å². The Morgan fingerprint density at radius 2 is 2.35 bits per heavy atom. The van der Waals surface area contributed by atoms with Gasteiger partial charge >= 0.3 is 0 Å². The number of carbonyl (C=O) groups is 1. The number of aromatic amines is 1. The number of nitrogens with one attached hydrogen (secondary N) is 2. The summed E-state index contributed by atoms with van der Waals surface area (Å²) in [6.07, 6.45) is 2.01. The molecule has 0 spiro atoms. The molecular formula is C14H17BrN4O. The lowest BCUT2D eigenvalue weighted by Crippen LogP contribution is -2.56. The number of piperazine rings is 1. The van der Waals surface area contributed by atoms with E-state index in [2.05, 4.69) is 37.2 Å². The second kappa shape index (κ2) is 5.55. The van der Waals surface area contributed by atoms with Gasteiger partial charge in [0.05, 0.1) is 0 Å². The average Bonchev–Trinajstić information content (AvgIpc) is 2.82. The van der Waals surface area contributed by atoms with Crippen molar-refractivity contribution in [2.75, 3.05) is 19.6 Å². The zero-order valence-electron chi connectivity index (χ0n) is 11.0. The molecule has 1 aliphatic heterocycles. The number of carbonyl (C=O) groups excluding carboxylic acids is 1. The number of fused-ring (bicyclic) bond motifs is 1. The summed E-state index contributed by atoms with van der Waals surface area (Å²) in [5, 5.41) is 4.40. The van der Waals surface area contributed by atoms with Crippen LogP contribution in [0, 0.1) is 0 Å². The van der Waals surface area contributed by atoms with Crippen molar-refractivity contribution in [1.29, 1.82) is 0 Å². The van der Waals surface area contributed by atoms with Crippen LogP contribution in [-0.2, 0) is 11.3 Å². The summed E-state index contributed by atoms with van der Waals surface area (Å²) >= 11 is 3.50. The summed E-state index contributed by atoms with van der Waals surface area (Å²) in [6, 6.07) is 5.93. The topological polar surface area (TPSA) is 74.2 Å². The molecule has 1 unspecified atom stereocenters. The Labute approximate surface area is 125 Å². The highest BCUT2D eigenvalue weighted by Gasteiger charge is 2.27. The van der Waals surface area contributed by atoms with Crippen LogP contribution in [0.25, 0.3) is 10.9 Å². The number of benzene rings is 1. The van der Waals surface area contributed by atoms with Gasteiger partial charge in [-0.05, 0) is 23.8 Å². The van der Waals surface area contributed by atoms with Crippen molar-refractivity contribution in [3.8, 4) is 0 Å². The molecule has 0 bridgehead atoms. The normalized spacial score (nSPS) is 20.4. The maximum Gasteiger partial charge on any atom is 0.236 e. The maximum absolute atomic E-state index is 11.5. The Morgan fingerprint density at radius 3 is 3.15 bits per heavy atom.